The predicted octanol–water partition coefficient (Wildman–Crippen LogP) is 5.72. The SMILES string of the molecule is COc1ccc(-c2noc(C3=C(C)N(Cc4ccccc4F)C(=O)NC3c3cccc(F)c3)n2)cc1. The van der Waals surface area contributed by atoms with Crippen molar-refractivity contribution in [2.75, 3.05) is 7.11 Å². The first-order valence-corrected chi connectivity index (χ1v) is 11.2. The molecule has 182 valence electrons. The number of ether oxygens (including phenoxy) is 1. The molecule has 0 fully saturated rings. The molecule has 2 amide bonds. The van der Waals surface area contributed by atoms with Gasteiger partial charge in [0, 0.05) is 16.8 Å². The smallest absolute Gasteiger partial charge is 0.322 e. The van der Waals surface area contributed by atoms with Gasteiger partial charge in [-0.3, -0.25) is 4.90 Å². The molecule has 4 aromatic rings. The Balaban J connectivity index is 1.59. The molecule has 1 N–H and O–H groups in total. The number of aromatic nitrogens is 2. The van der Waals surface area contributed by atoms with Gasteiger partial charge in [-0.15, -0.1) is 0 Å². The molecule has 0 bridgehead atoms. The third kappa shape index (κ3) is 4.43. The minimum Gasteiger partial charge on any atom is -0.497 e. The number of amides is 2. The lowest BCUT2D eigenvalue weighted by Gasteiger charge is -2.35. The maximum atomic E-state index is 14.4. The van der Waals surface area contributed by atoms with E-state index in [-0.39, 0.29) is 12.4 Å². The zero-order valence-corrected chi connectivity index (χ0v) is 19.5. The summed E-state index contributed by atoms with van der Waals surface area (Å²) in [4.78, 5) is 19.1. The van der Waals surface area contributed by atoms with E-state index in [9.17, 15) is 13.6 Å². The minimum absolute atomic E-state index is 0.0107. The third-order valence-electron chi connectivity index (χ3n) is 6.07. The van der Waals surface area contributed by atoms with E-state index >= 15 is 0 Å². The van der Waals surface area contributed by atoms with Crippen LogP contribution in [0.4, 0.5) is 13.6 Å². The molecule has 1 aliphatic rings. The van der Waals surface area contributed by atoms with E-state index in [0.29, 0.717) is 39.5 Å². The summed E-state index contributed by atoms with van der Waals surface area (Å²) in [7, 11) is 1.58. The normalized spacial score (nSPS) is 15.7. The Kier molecular flexibility index (Phi) is 6.20. The molecule has 2 heterocycles. The first kappa shape index (κ1) is 23.2. The molecule has 1 aliphatic heterocycles. The van der Waals surface area contributed by atoms with E-state index in [1.54, 1.807) is 68.6 Å². The van der Waals surface area contributed by atoms with Crippen LogP contribution in [-0.4, -0.2) is 28.2 Å². The lowest BCUT2D eigenvalue weighted by Crippen LogP contribution is -2.45. The average Bonchev–Trinajstić information content (AvgIpc) is 3.37. The van der Waals surface area contributed by atoms with Gasteiger partial charge in [-0.2, -0.15) is 4.98 Å². The molecule has 9 heteroatoms. The molecule has 0 saturated heterocycles. The van der Waals surface area contributed by atoms with Gasteiger partial charge in [-0.05, 0) is 55.0 Å². The summed E-state index contributed by atoms with van der Waals surface area (Å²) in [5.74, 6) is 0.309. The van der Waals surface area contributed by atoms with Gasteiger partial charge in [0.05, 0.1) is 25.3 Å². The van der Waals surface area contributed by atoms with Crippen molar-refractivity contribution in [2.45, 2.75) is 19.5 Å². The number of rotatable bonds is 6. The lowest BCUT2D eigenvalue weighted by molar-refractivity contribution is 0.202. The van der Waals surface area contributed by atoms with Crippen LogP contribution in [0.3, 0.4) is 0 Å². The number of carbonyl (C=O) groups excluding carboxylic acids is 1. The Bertz CT molecular complexity index is 1450. The van der Waals surface area contributed by atoms with Crippen LogP contribution in [-0.2, 0) is 6.54 Å². The lowest BCUT2D eigenvalue weighted by atomic mass is 9.94. The summed E-state index contributed by atoms with van der Waals surface area (Å²) in [5.41, 5.74) is 2.53. The number of benzene rings is 3. The average molecular weight is 488 g/mol. The summed E-state index contributed by atoms with van der Waals surface area (Å²) in [5, 5.41) is 7.00. The van der Waals surface area contributed by atoms with Crippen LogP contribution in [0, 0.1) is 11.6 Å². The first-order chi connectivity index (χ1) is 17.4. The molecule has 5 rings (SSSR count). The summed E-state index contributed by atoms with van der Waals surface area (Å²) >= 11 is 0. The number of hydrogen-bond donors (Lipinski definition) is 1. The molecule has 0 spiro atoms. The first-order valence-electron chi connectivity index (χ1n) is 11.2. The van der Waals surface area contributed by atoms with Crippen LogP contribution in [0.25, 0.3) is 17.0 Å². The summed E-state index contributed by atoms with van der Waals surface area (Å²) in [6.45, 7) is 1.71. The second-order valence-electron chi connectivity index (χ2n) is 8.27. The van der Waals surface area contributed by atoms with Crippen LogP contribution >= 0.6 is 0 Å². The van der Waals surface area contributed by atoms with E-state index in [1.807, 2.05) is 0 Å². The summed E-state index contributed by atoms with van der Waals surface area (Å²) in [6, 6.07) is 18.1. The molecule has 1 unspecified atom stereocenters. The topological polar surface area (TPSA) is 80.5 Å². The quantitative estimate of drug-likeness (QED) is 0.375. The highest BCUT2D eigenvalue weighted by Gasteiger charge is 2.36. The minimum atomic E-state index is -0.755. The molecule has 1 aromatic heterocycles. The second-order valence-corrected chi connectivity index (χ2v) is 8.27. The zero-order valence-electron chi connectivity index (χ0n) is 19.5. The molecule has 7 nitrogen and oxygen atoms in total. The maximum Gasteiger partial charge on any atom is 0.322 e. The van der Waals surface area contributed by atoms with E-state index in [0.717, 1.165) is 0 Å². The van der Waals surface area contributed by atoms with Crippen molar-refractivity contribution in [2.24, 2.45) is 0 Å². The highest BCUT2D eigenvalue weighted by Crippen LogP contribution is 2.38. The molecule has 36 heavy (non-hydrogen) atoms. The Morgan fingerprint density at radius 1 is 1.06 bits per heavy atom. The van der Waals surface area contributed by atoms with E-state index in [4.69, 9.17) is 9.26 Å². The molecular weight excluding hydrogens is 466 g/mol. The Morgan fingerprint density at radius 2 is 1.83 bits per heavy atom. The molecule has 3 aromatic carbocycles. The van der Waals surface area contributed by atoms with Crippen LogP contribution in [0.5, 0.6) is 5.75 Å². The van der Waals surface area contributed by atoms with Crippen LogP contribution in [0.2, 0.25) is 0 Å². The van der Waals surface area contributed by atoms with Crippen molar-refractivity contribution in [1.29, 1.82) is 0 Å². The number of urea groups is 1. The van der Waals surface area contributed by atoms with E-state index in [2.05, 4.69) is 15.5 Å². The summed E-state index contributed by atoms with van der Waals surface area (Å²) in [6.07, 6.45) is 0. The van der Waals surface area contributed by atoms with E-state index < -0.39 is 23.7 Å². The number of nitrogens with one attached hydrogen (secondary N) is 1. The Hall–Kier alpha value is -4.53. The van der Waals surface area contributed by atoms with E-state index in [1.165, 1.54) is 23.1 Å². The number of halogens is 2. The van der Waals surface area contributed by atoms with Crippen molar-refractivity contribution >= 4 is 11.6 Å². The van der Waals surface area contributed by atoms with Crippen molar-refractivity contribution in [1.82, 2.24) is 20.4 Å². The van der Waals surface area contributed by atoms with Crippen molar-refractivity contribution < 1.29 is 22.8 Å². The van der Waals surface area contributed by atoms with Crippen LogP contribution in [0.1, 0.15) is 30.0 Å². The van der Waals surface area contributed by atoms with Gasteiger partial charge in [-0.1, -0.05) is 35.5 Å². The van der Waals surface area contributed by atoms with Gasteiger partial charge in [0.15, 0.2) is 0 Å². The second kappa shape index (κ2) is 9.61. The van der Waals surface area contributed by atoms with Crippen molar-refractivity contribution in [3.05, 3.63) is 107 Å². The zero-order chi connectivity index (χ0) is 25.2. The number of methoxy groups -OCH3 is 1. The highest BCUT2D eigenvalue weighted by atomic mass is 19.1. The summed E-state index contributed by atoms with van der Waals surface area (Å²) < 4.78 is 39.3. The third-order valence-corrected chi connectivity index (χ3v) is 6.07. The van der Waals surface area contributed by atoms with Gasteiger partial charge in [0.1, 0.15) is 17.4 Å². The van der Waals surface area contributed by atoms with Crippen molar-refractivity contribution in [3.8, 4) is 17.1 Å². The van der Waals surface area contributed by atoms with Crippen LogP contribution in [0.15, 0.2) is 83.0 Å². The molecule has 0 saturated carbocycles. The highest BCUT2D eigenvalue weighted by molar-refractivity contribution is 5.86. The standard InChI is InChI=1S/C27H22F2N4O3/c1-16-23(26-31-25(32-36-26)17-10-12-21(35-2)13-11-17)24(18-7-5-8-20(28)14-18)30-27(34)33(16)15-19-6-3-4-9-22(19)29/h3-14,24H,15H2,1-2H3,(H,30,34). The predicted molar refractivity (Wildman–Crippen MR) is 128 cm³/mol. The number of hydrogen-bond acceptors (Lipinski definition) is 5. The van der Waals surface area contributed by atoms with Crippen LogP contribution < -0.4 is 10.1 Å². The number of allylic oxidation sites excluding steroid dienone is 1. The largest absolute Gasteiger partial charge is 0.497 e. The van der Waals surface area contributed by atoms with Crippen molar-refractivity contribution in [3.63, 3.8) is 0 Å². The molecule has 0 radical (unpaired) electrons. The monoisotopic (exact) mass is 488 g/mol. The Morgan fingerprint density at radius 3 is 2.56 bits per heavy atom. The Labute approximate surface area is 206 Å². The maximum absolute atomic E-state index is 14.4. The van der Waals surface area contributed by atoms with Gasteiger partial charge in [0.25, 0.3) is 5.89 Å². The van der Waals surface area contributed by atoms with Gasteiger partial charge in [0.2, 0.25) is 5.82 Å². The van der Waals surface area contributed by atoms with Gasteiger partial charge in [-0.25, -0.2) is 13.6 Å². The fourth-order valence-corrected chi connectivity index (χ4v) is 4.17. The van der Waals surface area contributed by atoms with Gasteiger partial charge >= 0.3 is 6.03 Å². The molecule has 1 atom stereocenters. The number of nitrogens with zero attached hydrogens (tertiary/aromatic N) is 3. The fourth-order valence-electron chi connectivity index (χ4n) is 4.17. The number of carbonyl (C=O) groups is 1. The van der Waals surface area contributed by atoms with Gasteiger partial charge < -0.3 is 14.6 Å². The fraction of sp³-hybridized carbons (Fsp3) is 0.148. The molecular formula is C27H22F2N4O3. The molecule has 0 aliphatic carbocycles.